The predicted octanol–water partition coefficient (Wildman–Crippen LogP) is 3.81. The number of aldehydes is 1. The Morgan fingerprint density at radius 3 is 2.53 bits per heavy atom. The molecule has 1 nitrogen and oxygen atoms in total. The van der Waals surface area contributed by atoms with Gasteiger partial charge >= 0.3 is 0 Å². The van der Waals surface area contributed by atoms with E-state index in [1.165, 1.54) is 6.08 Å². The number of carbonyl (C=O) groups excluding carboxylic acids is 1. The van der Waals surface area contributed by atoms with Crippen LogP contribution in [0.2, 0.25) is 0 Å². The number of carbonyl (C=O) groups is 1. The Hall–Kier alpha value is -1.41. The van der Waals surface area contributed by atoms with Crippen LogP contribution in [0.4, 0.5) is 0 Å². The molecule has 0 aliphatic heterocycles. The minimum Gasteiger partial charge on any atom is -0.299 e. The fourth-order valence-electron chi connectivity index (χ4n) is 1.60. The van der Waals surface area contributed by atoms with Crippen LogP contribution in [0.25, 0.3) is 16.8 Å². The molecule has 0 aliphatic carbocycles. The molecular weight excluding hydrogens is 252 g/mol. The van der Waals surface area contributed by atoms with Gasteiger partial charge in [-0.1, -0.05) is 52.3 Å². The number of rotatable bonds is 2. The molecule has 0 saturated heterocycles. The summed E-state index contributed by atoms with van der Waals surface area (Å²) in [5.74, 6) is 0. The van der Waals surface area contributed by atoms with E-state index >= 15 is 0 Å². The van der Waals surface area contributed by atoms with Crippen LogP contribution in [0.5, 0.6) is 0 Å². The van der Waals surface area contributed by atoms with E-state index in [-0.39, 0.29) is 0 Å². The van der Waals surface area contributed by atoms with Crippen molar-refractivity contribution in [2.75, 3.05) is 0 Å². The molecule has 0 N–H and O–H groups in total. The minimum absolute atomic E-state index is 0.787. The van der Waals surface area contributed by atoms with Crippen molar-refractivity contribution in [3.8, 4) is 0 Å². The highest BCUT2D eigenvalue weighted by Crippen LogP contribution is 2.27. The lowest BCUT2D eigenvalue weighted by Gasteiger charge is -2.03. The average Bonchev–Trinajstić information content (AvgIpc) is 2.26. The molecule has 2 aromatic carbocycles. The highest BCUT2D eigenvalue weighted by molar-refractivity contribution is 9.10. The summed E-state index contributed by atoms with van der Waals surface area (Å²) in [6, 6.07) is 12.1. The fraction of sp³-hybridized carbons (Fsp3) is 0. The molecule has 0 spiro atoms. The van der Waals surface area contributed by atoms with Gasteiger partial charge in [-0.2, -0.15) is 0 Å². The third-order valence-electron chi connectivity index (χ3n) is 2.24. The van der Waals surface area contributed by atoms with Crippen molar-refractivity contribution in [1.82, 2.24) is 0 Å². The normalized spacial score (nSPS) is 11.0. The van der Waals surface area contributed by atoms with E-state index < -0.39 is 0 Å². The summed E-state index contributed by atoms with van der Waals surface area (Å²) in [5.41, 5.74) is 1.05. The van der Waals surface area contributed by atoms with Crippen LogP contribution in [0.1, 0.15) is 5.56 Å². The average molecular weight is 261 g/mol. The standard InChI is InChI=1S/C13H9BrO/c14-12-8-2-6-10-4-1-5-11(13(10)12)7-3-9-15/h1-9H/b7-3+. The molecule has 0 bridgehead atoms. The van der Waals surface area contributed by atoms with Crippen molar-refractivity contribution in [3.05, 3.63) is 52.5 Å². The Morgan fingerprint density at radius 1 is 1.07 bits per heavy atom. The second-order valence-corrected chi connectivity index (χ2v) is 4.03. The maximum absolute atomic E-state index is 10.3. The predicted molar refractivity (Wildman–Crippen MR) is 66.7 cm³/mol. The molecule has 2 aromatic rings. The SMILES string of the molecule is O=C/C=C/c1cccc2cccc(Br)c12. The van der Waals surface area contributed by atoms with Crippen molar-refractivity contribution in [3.63, 3.8) is 0 Å². The molecule has 2 heteroatoms. The van der Waals surface area contributed by atoms with Crippen LogP contribution in [-0.2, 0) is 4.79 Å². The van der Waals surface area contributed by atoms with Crippen LogP contribution >= 0.6 is 15.9 Å². The second kappa shape index (κ2) is 4.41. The zero-order valence-corrected chi connectivity index (χ0v) is 9.57. The van der Waals surface area contributed by atoms with Gasteiger partial charge in [-0.05, 0) is 23.1 Å². The van der Waals surface area contributed by atoms with E-state index in [0.717, 1.165) is 27.1 Å². The molecule has 0 fully saturated rings. The number of benzene rings is 2. The van der Waals surface area contributed by atoms with Crippen LogP contribution in [0.3, 0.4) is 0 Å². The van der Waals surface area contributed by atoms with E-state index in [2.05, 4.69) is 28.1 Å². The van der Waals surface area contributed by atoms with Crippen molar-refractivity contribution in [2.24, 2.45) is 0 Å². The van der Waals surface area contributed by atoms with Crippen LogP contribution < -0.4 is 0 Å². The third-order valence-corrected chi connectivity index (χ3v) is 2.90. The van der Waals surface area contributed by atoms with Gasteiger partial charge in [-0.25, -0.2) is 0 Å². The Kier molecular flexibility index (Phi) is 2.97. The maximum atomic E-state index is 10.3. The first-order chi connectivity index (χ1) is 7.33. The zero-order chi connectivity index (χ0) is 10.7. The number of hydrogen-bond acceptors (Lipinski definition) is 1. The molecule has 15 heavy (non-hydrogen) atoms. The van der Waals surface area contributed by atoms with E-state index in [0.29, 0.717) is 0 Å². The van der Waals surface area contributed by atoms with E-state index in [1.807, 2.05) is 30.3 Å². The minimum atomic E-state index is 0.787. The van der Waals surface area contributed by atoms with Gasteiger partial charge in [0.2, 0.25) is 0 Å². The third kappa shape index (κ3) is 2.00. The summed E-state index contributed by atoms with van der Waals surface area (Å²) in [5, 5.41) is 2.30. The number of halogens is 1. The number of fused-ring (bicyclic) bond motifs is 1. The molecule has 0 unspecified atom stereocenters. The molecule has 2 rings (SSSR count). The largest absolute Gasteiger partial charge is 0.299 e. The van der Waals surface area contributed by atoms with Gasteiger partial charge in [-0.15, -0.1) is 0 Å². The van der Waals surface area contributed by atoms with Gasteiger partial charge in [0.05, 0.1) is 0 Å². The van der Waals surface area contributed by atoms with E-state index in [4.69, 9.17) is 0 Å². The smallest absolute Gasteiger partial charge is 0.142 e. The van der Waals surface area contributed by atoms with Crippen LogP contribution in [0.15, 0.2) is 46.9 Å². The van der Waals surface area contributed by atoms with E-state index in [1.54, 1.807) is 0 Å². The molecule has 0 aliphatic rings. The van der Waals surface area contributed by atoms with Gasteiger partial charge in [0, 0.05) is 9.86 Å². The zero-order valence-electron chi connectivity index (χ0n) is 7.98. The quantitative estimate of drug-likeness (QED) is 0.593. The highest BCUT2D eigenvalue weighted by Gasteiger charge is 2.01. The molecule has 74 valence electrons. The topological polar surface area (TPSA) is 17.1 Å². The Morgan fingerprint density at radius 2 is 1.80 bits per heavy atom. The molecule has 0 radical (unpaired) electrons. The van der Waals surface area contributed by atoms with Crippen molar-refractivity contribution < 1.29 is 4.79 Å². The molecule has 0 amide bonds. The van der Waals surface area contributed by atoms with Gasteiger partial charge in [0.1, 0.15) is 6.29 Å². The summed E-state index contributed by atoms with van der Waals surface area (Å²) >= 11 is 3.52. The maximum Gasteiger partial charge on any atom is 0.142 e. The summed E-state index contributed by atoms with van der Waals surface area (Å²) in [6.45, 7) is 0. The highest BCUT2D eigenvalue weighted by atomic mass is 79.9. The van der Waals surface area contributed by atoms with Crippen molar-refractivity contribution in [1.29, 1.82) is 0 Å². The summed E-state index contributed by atoms with van der Waals surface area (Å²) in [7, 11) is 0. The van der Waals surface area contributed by atoms with Crippen molar-refractivity contribution >= 4 is 39.1 Å². The lowest BCUT2D eigenvalue weighted by Crippen LogP contribution is -1.79. The Labute approximate surface area is 96.5 Å². The van der Waals surface area contributed by atoms with Crippen LogP contribution in [0, 0.1) is 0 Å². The number of allylic oxidation sites excluding steroid dienone is 1. The summed E-state index contributed by atoms with van der Waals surface area (Å²) < 4.78 is 1.05. The summed E-state index contributed by atoms with van der Waals surface area (Å²) in [4.78, 5) is 10.3. The number of hydrogen-bond donors (Lipinski definition) is 0. The molecule has 0 heterocycles. The first-order valence-corrected chi connectivity index (χ1v) is 5.41. The van der Waals surface area contributed by atoms with Crippen molar-refractivity contribution in [2.45, 2.75) is 0 Å². The first kappa shape index (κ1) is 10.1. The van der Waals surface area contributed by atoms with E-state index in [9.17, 15) is 4.79 Å². The summed E-state index contributed by atoms with van der Waals surface area (Å²) in [6.07, 6.45) is 4.12. The Balaban J connectivity index is 2.74. The fourth-order valence-corrected chi connectivity index (χ4v) is 2.22. The van der Waals surface area contributed by atoms with Gasteiger partial charge < -0.3 is 0 Å². The van der Waals surface area contributed by atoms with Crippen LogP contribution in [-0.4, -0.2) is 6.29 Å². The lowest BCUT2D eigenvalue weighted by molar-refractivity contribution is -0.104. The second-order valence-electron chi connectivity index (χ2n) is 3.18. The molecule has 0 atom stereocenters. The Bertz CT molecular complexity index is 524. The molecular formula is C13H9BrO. The molecule has 0 aromatic heterocycles. The lowest BCUT2D eigenvalue weighted by atomic mass is 10.0. The van der Waals surface area contributed by atoms with Gasteiger partial charge in [0.25, 0.3) is 0 Å². The molecule has 0 saturated carbocycles. The van der Waals surface area contributed by atoms with Gasteiger partial charge in [-0.3, -0.25) is 4.79 Å². The van der Waals surface area contributed by atoms with Gasteiger partial charge in [0.15, 0.2) is 0 Å². The monoisotopic (exact) mass is 260 g/mol. The first-order valence-electron chi connectivity index (χ1n) is 4.62.